The Bertz CT molecular complexity index is 178. The molecule has 1 fully saturated rings. The van der Waals surface area contributed by atoms with Gasteiger partial charge in [0, 0.05) is 8.07 Å². The van der Waals surface area contributed by atoms with E-state index < -0.39 is 8.07 Å². The number of hydrogen-bond donors (Lipinski definition) is 0. The summed E-state index contributed by atoms with van der Waals surface area (Å²) in [5.74, 6) is 2.05. The third-order valence-electron chi connectivity index (χ3n) is 3.39. The second kappa shape index (κ2) is 3.99. The van der Waals surface area contributed by atoms with Gasteiger partial charge < -0.3 is 0 Å². The van der Waals surface area contributed by atoms with Crippen molar-refractivity contribution >= 4 is 8.07 Å². The van der Waals surface area contributed by atoms with E-state index in [0.29, 0.717) is 0 Å². The first-order valence-electron chi connectivity index (χ1n) is 5.63. The Kier molecular flexibility index (Phi) is 3.39. The van der Waals surface area contributed by atoms with Gasteiger partial charge in [0.2, 0.25) is 0 Å². The van der Waals surface area contributed by atoms with Crippen LogP contribution in [0.4, 0.5) is 0 Å². The van der Waals surface area contributed by atoms with Gasteiger partial charge in [-0.3, -0.25) is 0 Å². The zero-order valence-corrected chi connectivity index (χ0v) is 10.6. The van der Waals surface area contributed by atoms with Crippen molar-refractivity contribution in [2.75, 3.05) is 0 Å². The van der Waals surface area contributed by atoms with E-state index in [0.717, 1.165) is 17.4 Å². The van der Waals surface area contributed by atoms with Crippen LogP contribution in [0.2, 0.25) is 25.2 Å². The van der Waals surface area contributed by atoms with Gasteiger partial charge in [-0.25, -0.2) is 0 Å². The molecule has 0 nitrogen and oxygen atoms in total. The van der Waals surface area contributed by atoms with Gasteiger partial charge in [-0.15, -0.1) is 6.58 Å². The van der Waals surface area contributed by atoms with E-state index in [1.807, 2.05) is 0 Å². The zero-order chi connectivity index (χ0) is 10.1. The molecule has 1 unspecified atom stereocenters. The molecule has 0 aromatic rings. The number of allylic oxidation sites excluding steroid dienone is 1. The Hall–Kier alpha value is -0.0431. The van der Waals surface area contributed by atoms with Gasteiger partial charge in [-0.1, -0.05) is 45.5 Å². The molecule has 0 radical (unpaired) electrons. The van der Waals surface area contributed by atoms with Gasteiger partial charge in [-0.05, 0) is 23.8 Å². The molecular formula is C12H24Si. The van der Waals surface area contributed by atoms with E-state index in [1.165, 1.54) is 19.3 Å². The first-order valence-corrected chi connectivity index (χ1v) is 9.21. The van der Waals surface area contributed by atoms with E-state index in [4.69, 9.17) is 0 Å². The lowest BCUT2D eigenvalue weighted by Gasteiger charge is -2.15. The summed E-state index contributed by atoms with van der Waals surface area (Å²) in [4.78, 5) is 0. The minimum Gasteiger partial charge on any atom is -0.103 e. The van der Waals surface area contributed by atoms with Crippen molar-refractivity contribution in [2.24, 2.45) is 11.8 Å². The Balaban J connectivity index is 2.51. The first kappa shape index (κ1) is 11.0. The van der Waals surface area contributed by atoms with Crippen molar-refractivity contribution in [3.8, 4) is 0 Å². The lowest BCUT2D eigenvalue weighted by atomic mass is 10.2. The molecule has 0 spiro atoms. The van der Waals surface area contributed by atoms with E-state index in [9.17, 15) is 0 Å². The van der Waals surface area contributed by atoms with Crippen molar-refractivity contribution in [2.45, 2.75) is 51.4 Å². The summed E-state index contributed by atoms with van der Waals surface area (Å²) < 4.78 is 0. The topological polar surface area (TPSA) is 0 Å². The van der Waals surface area contributed by atoms with Crippen LogP contribution in [0.3, 0.4) is 0 Å². The summed E-state index contributed by atoms with van der Waals surface area (Å²) in [6.07, 6.45) is 6.19. The monoisotopic (exact) mass is 196 g/mol. The molecule has 0 N–H and O–H groups in total. The highest BCUT2D eigenvalue weighted by Gasteiger charge is 2.54. The average molecular weight is 196 g/mol. The molecule has 76 valence electrons. The minimum atomic E-state index is -0.872. The highest BCUT2D eigenvalue weighted by molar-refractivity contribution is 6.78. The number of hydrogen-bond acceptors (Lipinski definition) is 0. The second-order valence-corrected chi connectivity index (χ2v) is 10.9. The lowest BCUT2D eigenvalue weighted by molar-refractivity contribution is 0.637. The van der Waals surface area contributed by atoms with Crippen LogP contribution in [0.25, 0.3) is 0 Å². The molecule has 0 aromatic carbocycles. The van der Waals surface area contributed by atoms with E-state index >= 15 is 0 Å². The van der Waals surface area contributed by atoms with E-state index in [2.05, 4.69) is 39.2 Å². The molecule has 1 saturated carbocycles. The molecule has 1 aliphatic rings. The second-order valence-electron chi connectivity index (χ2n) is 5.53. The molecule has 0 aromatic heterocycles. The Morgan fingerprint density at radius 3 is 2.23 bits per heavy atom. The summed E-state index contributed by atoms with van der Waals surface area (Å²) in [5.41, 5.74) is 1.09. The maximum absolute atomic E-state index is 3.87. The Morgan fingerprint density at radius 2 is 1.85 bits per heavy atom. The SMILES string of the molecule is C=CC[C@@H]1C([Si](C)(C)C)[C@@H]1CCC. The van der Waals surface area contributed by atoms with Gasteiger partial charge in [0.1, 0.15) is 0 Å². The standard InChI is InChI=1S/C12H24Si/c1-6-8-10-11(9-7-2)12(10)13(3,4)5/h6,10-12H,1,7-9H2,2-5H3/t10-,11+,12?/m0/s1. The summed E-state index contributed by atoms with van der Waals surface area (Å²) in [6.45, 7) is 13.7. The van der Waals surface area contributed by atoms with Crippen LogP contribution in [0.1, 0.15) is 26.2 Å². The fourth-order valence-electron chi connectivity index (χ4n) is 2.97. The predicted octanol–water partition coefficient (Wildman–Crippen LogP) is 4.32. The fraction of sp³-hybridized carbons (Fsp3) is 0.833. The molecule has 0 bridgehead atoms. The summed E-state index contributed by atoms with van der Waals surface area (Å²) in [5, 5.41) is 0. The lowest BCUT2D eigenvalue weighted by Crippen LogP contribution is -2.21. The molecule has 1 aliphatic carbocycles. The highest BCUT2D eigenvalue weighted by Crippen LogP contribution is 2.61. The molecular weight excluding hydrogens is 172 g/mol. The summed E-state index contributed by atoms with van der Waals surface area (Å²) >= 11 is 0. The third-order valence-corrected chi connectivity index (χ3v) is 6.25. The molecule has 0 aliphatic heterocycles. The fourth-order valence-corrected chi connectivity index (χ4v) is 6.23. The van der Waals surface area contributed by atoms with Crippen molar-refractivity contribution in [3.63, 3.8) is 0 Å². The molecule has 1 rings (SSSR count). The van der Waals surface area contributed by atoms with Crippen LogP contribution in [-0.4, -0.2) is 8.07 Å². The van der Waals surface area contributed by atoms with Crippen LogP contribution in [0, 0.1) is 11.8 Å². The summed E-state index contributed by atoms with van der Waals surface area (Å²) in [7, 11) is -0.872. The highest BCUT2D eigenvalue weighted by atomic mass is 28.3. The van der Waals surface area contributed by atoms with Crippen LogP contribution < -0.4 is 0 Å². The Labute approximate surface area is 84.4 Å². The van der Waals surface area contributed by atoms with Gasteiger partial charge in [0.15, 0.2) is 0 Å². The molecule has 1 heteroatoms. The zero-order valence-electron chi connectivity index (χ0n) is 9.64. The van der Waals surface area contributed by atoms with Crippen LogP contribution in [0.5, 0.6) is 0 Å². The van der Waals surface area contributed by atoms with Crippen molar-refractivity contribution in [3.05, 3.63) is 12.7 Å². The normalized spacial score (nSPS) is 33.1. The molecule has 0 saturated heterocycles. The average Bonchev–Trinajstić information content (AvgIpc) is 2.63. The first-order chi connectivity index (χ1) is 6.02. The van der Waals surface area contributed by atoms with Gasteiger partial charge in [0.25, 0.3) is 0 Å². The quantitative estimate of drug-likeness (QED) is 0.454. The predicted molar refractivity (Wildman–Crippen MR) is 63.8 cm³/mol. The maximum atomic E-state index is 3.87. The van der Waals surface area contributed by atoms with Gasteiger partial charge in [-0.2, -0.15) is 0 Å². The largest absolute Gasteiger partial charge is 0.103 e. The molecule has 0 heterocycles. The summed E-state index contributed by atoms with van der Waals surface area (Å²) in [6, 6.07) is 0. The molecule has 13 heavy (non-hydrogen) atoms. The number of rotatable bonds is 5. The smallest absolute Gasteiger partial charge is 0.0479 e. The molecule has 3 atom stereocenters. The maximum Gasteiger partial charge on any atom is 0.0479 e. The van der Waals surface area contributed by atoms with Crippen LogP contribution in [0.15, 0.2) is 12.7 Å². The minimum absolute atomic E-state index is 0.872. The Morgan fingerprint density at radius 1 is 1.23 bits per heavy atom. The van der Waals surface area contributed by atoms with Crippen molar-refractivity contribution in [1.29, 1.82) is 0 Å². The van der Waals surface area contributed by atoms with Crippen molar-refractivity contribution in [1.82, 2.24) is 0 Å². The van der Waals surface area contributed by atoms with Gasteiger partial charge in [0.05, 0.1) is 0 Å². The van der Waals surface area contributed by atoms with E-state index in [-0.39, 0.29) is 0 Å². The van der Waals surface area contributed by atoms with Gasteiger partial charge >= 0.3 is 0 Å². The van der Waals surface area contributed by atoms with Crippen LogP contribution >= 0.6 is 0 Å². The third kappa shape index (κ3) is 2.46. The van der Waals surface area contributed by atoms with E-state index in [1.54, 1.807) is 0 Å². The van der Waals surface area contributed by atoms with Crippen LogP contribution in [-0.2, 0) is 0 Å². The molecule has 0 amide bonds. The van der Waals surface area contributed by atoms with Crippen molar-refractivity contribution < 1.29 is 0 Å².